The zero-order valence-corrected chi connectivity index (χ0v) is 17.0. The van der Waals surface area contributed by atoms with E-state index in [9.17, 15) is 9.18 Å². The van der Waals surface area contributed by atoms with Crippen molar-refractivity contribution in [3.8, 4) is 6.07 Å². The van der Waals surface area contributed by atoms with Crippen LogP contribution >= 0.6 is 11.3 Å². The number of rotatable bonds is 6. The van der Waals surface area contributed by atoms with Crippen molar-refractivity contribution >= 4 is 23.3 Å². The monoisotopic (exact) mass is 403 g/mol. The molecular weight excluding hydrogens is 381 g/mol. The van der Waals surface area contributed by atoms with Crippen molar-refractivity contribution in [1.82, 2.24) is 15.6 Å². The fraction of sp³-hybridized carbons (Fsp3) is 0.368. The summed E-state index contributed by atoms with van der Waals surface area (Å²) in [5, 5.41) is 15.7. The smallest absolute Gasteiger partial charge is 0.350 e. The second kappa shape index (κ2) is 9.80. The van der Waals surface area contributed by atoms with Crippen molar-refractivity contribution in [1.29, 1.82) is 5.26 Å². The summed E-state index contributed by atoms with van der Waals surface area (Å²) in [5.74, 6) is -0.374. The van der Waals surface area contributed by atoms with Crippen LogP contribution in [0, 0.1) is 24.1 Å². The van der Waals surface area contributed by atoms with Gasteiger partial charge in [0.05, 0.1) is 30.0 Å². The van der Waals surface area contributed by atoms with Crippen molar-refractivity contribution < 1.29 is 13.9 Å². The Kier molecular flexibility index (Phi) is 7.46. The minimum atomic E-state index is -0.454. The number of aromatic nitrogens is 1. The predicted octanol–water partition coefficient (Wildman–Crippen LogP) is 3.07. The number of nitrogens with one attached hydrogen (secondary N) is 2. The lowest BCUT2D eigenvalue weighted by Gasteiger charge is -2.16. The lowest BCUT2D eigenvalue weighted by atomic mass is 10.1. The molecule has 0 saturated carbocycles. The van der Waals surface area contributed by atoms with Crippen molar-refractivity contribution in [3.63, 3.8) is 0 Å². The van der Waals surface area contributed by atoms with E-state index in [0.717, 1.165) is 0 Å². The van der Waals surface area contributed by atoms with Crippen molar-refractivity contribution in [2.45, 2.75) is 33.4 Å². The highest BCUT2D eigenvalue weighted by Gasteiger charge is 2.20. The van der Waals surface area contributed by atoms with Gasteiger partial charge in [-0.05, 0) is 32.9 Å². The van der Waals surface area contributed by atoms with E-state index in [1.54, 1.807) is 33.0 Å². The third-order valence-electron chi connectivity index (χ3n) is 3.85. The number of thiazole rings is 1. The van der Waals surface area contributed by atoms with Crippen molar-refractivity contribution in [2.75, 3.05) is 13.7 Å². The highest BCUT2D eigenvalue weighted by Crippen LogP contribution is 2.24. The molecular formula is C19H22FN5O2S. The maximum atomic E-state index is 14.0. The van der Waals surface area contributed by atoms with Gasteiger partial charge in [0.25, 0.3) is 0 Å². The summed E-state index contributed by atoms with van der Waals surface area (Å²) in [6.07, 6.45) is 0. The molecule has 0 radical (unpaired) electrons. The first-order valence-corrected chi connectivity index (χ1v) is 9.51. The number of hydrogen-bond acceptors (Lipinski definition) is 6. The summed E-state index contributed by atoms with van der Waals surface area (Å²) in [6.45, 7) is 5.92. The molecule has 0 saturated heterocycles. The van der Waals surface area contributed by atoms with Gasteiger partial charge in [-0.3, -0.25) is 4.99 Å². The van der Waals surface area contributed by atoms with Gasteiger partial charge < -0.3 is 15.4 Å². The molecule has 7 nitrogen and oxygen atoms in total. The molecule has 1 unspecified atom stereocenters. The van der Waals surface area contributed by atoms with Crippen molar-refractivity contribution in [3.05, 3.63) is 50.7 Å². The Morgan fingerprint density at radius 2 is 2.25 bits per heavy atom. The van der Waals surface area contributed by atoms with E-state index in [2.05, 4.69) is 20.6 Å². The second-order valence-electron chi connectivity index (χ2n) is 5.90. The second-order valence-corrected chi connectivity index (χ2v) is 6.93. The van der Waals surface area contributed by atoms with Gasteiger partial charge in [-0.1, -0.05) is 6.07 Å². The van der Waals surface area contributed by atoms with Crippen LogP contribution in [0.15, 0.2) is 23.2 Å². The number of aryl methyl sites for hydroxylation is 1. The van der Waals surface area contributed by atoms with Crippen LogP contribution in [-0.4, -0.2) is 30.6 Å². The number of benzene rings is 1. The quantitative estimate of drug-likeness (QED) is 0.437. The summed E-state index contributed by atoms with van der Waals surface area (Å²) >= 11 is 1.27. The van der Waals surface area contributed by atoms with Crippen LogP contribution in [0.1, 0.15) is 51.4 Å². The fourth-order valence-electron chi connectivity index (χ4n) is 2.39. The van der Waals surface area contributed by atoms with Gasteiger partial charge in [0, 0.05) is 19.2 Å². The molecule has 2 N–H and O–H groups in total. The van der Waals surface area contributed by atoms with Crippen LogP contribution in [0.25, 0.3) is 0 Å². The minimum Gasteiger partial charge on any atom is -0.462 e. The Morgan fingerprint density at radius 1 is 1.50 bits per heavy atom. The maximum Gasteiger partial charge on any atom is 0.350 e. The highest BCUT2D eigenvalue weighted by atomic mass is 32.1. The van der Waals surface area contributed by atoms with E-state index in [4.69, 9.17) is 10.00 Å². The number of esters is 1. The zero-order valence-electron chi connectivity index (χ0n) is 16.2. The number of guanidine groups is 1. The molecule has 28 heavy (non-hydrogen) atoms. The van der Waals surface area contributed by atoms with Crippen LogP contribution in [0.2, 0.25) is 0 Å². The Bertz CT molecular complexity index is 920. The molecule has 2 aromatic rings. The molecule has 9 heteroatoms. The van der Waals surface area contributed by atoms with Gasteiger partial charge in [0.2, 0.25) is 0 Å². The maximum absolute atomic E-state index is 14.0. The average molecular weight is 403 g/mol. The van der Waals surface area contributed by atoms with Gasteiger partial charge in [-0.15, -0.1) is 11.3 Å². The third-order valence-corrected chi connectivity index (χ3v) is 5.17. The number of ether oxygens (including phenoxy) is 1. The number of nitriles is 1. The first kappa shape index (κ1) is 21.3. The van der Waals surface area contributed by atoms with E-state index in [-0.39, 0.29) is 24.1 Å². The Labute approximate surface area is 167 Å². The Balaban J connectivity index is 2.02. The standard InChI is InChI=1S/C19H22FN5O2S/c1-5-27-18(26)16-11(2)24-17(28-16)12(3)25-19(22-4)23-10-14-7-6-13(9-21)8-15(14)20/h6-8,12H,5,10H2,1-4H3,(H2,22,23,25). The molecule has 1 aromatic heterocycles. The lowest BCUT2D eigenvalue weighted by Crippen LogP contribution is -2.38. The lowest BCUT2D eigenvalue weighted by molar-refractivity contribution is 0.0531. The van der Waals surface area contributed by atoms with E-state index in [1.807, 2.05) is 13.0 Å². The number of nitrogens with zero attached hydrogens (tertiary/aromatic N) is 3. The number of carbonyl (C=O) groups excluding carboxylic acids is 1. The first-order valence-electron chi connectivity index (χ1n) is 8.69. The molecule has 1 heterocycles. The molecule has 0 amide bonds. The minimum absolute atomic E-state index is 0.203. The normalized spacial score (nSPS) is 12.2. The van der Waals surface area contributed by atoms with Gasteiger partial charge in [-0.25, -0.2) is 14.2 Å². The fourth-order valence-corrected chi connectivity index (χ4v) is 3.35. The van der Waals surface area contributed by atoms with E-state index in [0.29, 0.717) is 33.7 Å². The molecule has 0 bridgehead atoms. The molecule has 0 aliphatic heterocycles. The van der Waals surface area contributed by atoms with Crippen LogP contribution in [0.3, 0.4) is 0 Å². The Morgan fingerprint density at radius 3 is 2.86 bits per heavy atom. The van der Waals surface area contributed by atoms with Crippen LogP contribution in [0.5, 0.6) is 0 Å². The number of halogens is 1. The van der Waals surface area contributed by atoms with E-state index in [1.165, 1.54) is 17.4 Å². The van der Waals surface area contributed by atoms with Gasteiger partial charge in [0.1, 0.15) is 15.7 Å². The molecule has 2 rings (SSSR count). The van der Waals surface area contributed by atoms with Crippen LogP contribution in [0.4, 0.5) is 4.39 Å². The Hall–Kier alpha value is -2.99. The average Bonchev–Trinajstić information content (AvgIpc) is 3.07. The van der Waals surface area contributed by atoms with Gasteiger partial charge >= 0.3 is 5.97 Å². The molecule has 1 atom stereocenters. The van der Waals surface area contributed by atoms with Crippen LogP contribution < -0.4 is 10.6 Å². The summed E-state index contributed by atoms with van der Waals surface area (Å²) in [5.41, 5.74) is 1.31. The number of aliphatic imine (C=N–C) groups is 1. The number of carbonyl (C=O) groups is 1. The summed E-state index contributed by atoms with van der Waals surface area (Å²) in [7, 11) is 1.61. The van der Waals surface area contributed by atoms with Crippen molar-refractivity contribution in [2.24, 2.45) is 4.99 Å². The summed E-state index contributed by atoms with van der Waals surface area (Å²) in [6, 6.07) is 6.01. The molecule has 148 valence electrons. The van der Waals surface area contributed by atoms with Crippen LogP contribution in [-0.2, 0) is 11.3 Å². The first-order chi connectivity index (χ1) is 13.4. The third kappa shape index (κ3) is 5.27. The van der Waals surface area contributed by atoms with Gasteiger partial charge in [0.15, 0.2) is 5.96 Å². The van der Waals surface area contributed by atoms with E-state index >= 15 is 0 Å². The van der Waals surface area contributed by atoms with E-state index < -0.39 is 5.82 Å². The molecule has 0 aliphatic carbocycles. The topological polar surface area (TPSA) is 99.4 Å². The highest BCUT2D eigenvalue weighted by molar-refractivity contribution is 7.13. The molecule has 0 spiro atoms. The molecule has 1 aromatic carbocycles. The molecule has 0 fully saturated rings. The summed E-state index contributed by atoms with van der Waals surface area (Å²) in [4.78, 5) is 21.0. The zero-order chi connectivity index (χ0) is 20.7. The summed E-state index contributed by atoms with van der Waals surface area (Å²) < 4.78 is 19.0. The SMILES string of the molecule is CCOC(=O)c1sc(C(C)NC(=NC)NCc2ccc(C#N)cc2F)nc1C. The molecule has 0 aliphatic rings. The predicted molar refractivity (Wildman–Crippen MR) is 106 cm³/mol. The number of hydrogen-bond donors (Lipinski definition) is 2. The largest absolute Gasteiger partial charge is 0.462 e. The van der Waals surface area contributed by atoms with Gasteiger partial charge in [-0.2, -0.15) is 5.26 Å².